The fraction of sp³-hybridized carbons (Fsp3) is 0.0769. The molecule has 0 aliphatic carbocycles. The molecule has 5 heteroatoms. The first-order valence-electron chi connectivity index (χ1n) is 5.21. The number of nitrogens with zero attached hydrogens (tertiary/aromatic N) is 1. The van der Waals surface area contributed by atoms with E-state index in [9.17, 15) is 4.79 Å². The number of ether oxygens (including phenoxy) is 2. The molecule has 0 spiro atoms. The monoisotopic (exact) mass is 245 g/mol. The molecule has 2 aromatic rings. The molecule has 18 heavy (non-hydrogen) atoms. The van der Waals surface area contributed by atoms with E-state index in [0.717, 1.165) is 0 Å². The first kappa shape index (κ1) is 11.9. The Balaban J connectivity index is 2.31. The molecule has 0 saturated carbocycles. The van der Waals surface area contributed by atoms with Gasteiger partial charge < -0.3 is 14.6 Å². The zero-order chi connectivity index (χ0) is 13.0. The Bertz CT molecular complexity index is 554. The molecule has 0 amide bonds. The molecule has 0 fully saturated rings. The second-order valence-corrected chi connectivity index (χ2v) is 3.44. The van der Waals surface area contributed by atoms with E-state index in [1.807, 2.05) is 18.2 Å². The highest BCUT2D eigenvalue weighted by Crippen LogP contribution is 2.30. The second kappa shape index (κ2) is 5.18. The van der Waals surface area contributed by atoms with Crippen molar-refractivity contribution < 1.29 is 19.4 Å². The summed E-state index contributed by atoms with van der Waals surface area (Å²) in [5.41, 5.74) is -0.0905. The number of benzene rings is 1. The summed E-state index contributed by atoms with van der Waals surface area (Å²) in [7, 11) is 1.44. The molecular weight excluding hydrogens is 234 g/mol. The molecule has 1 N–H and O–H groups in total. The normalized spacial score (nSPS) is 9.83. The molecule has 0 aliphatic rings. The van der Waals surface area contributed by atoms with Crippen LogP contribution in [0.2, 0.25) is 0 Å². The van der Waals surface area contributed by atoms with E-state index in [-0.39, 0.29) is 5.69 Å². The van der Waals surface area contributed by atoms with Gasteiger partial charge in [-0.15, -0.1) is 0 Å². The van der Waals surface area contributed by atoms with Gasteiger partial charge in [0.05, 0.1) is 13.3 Å². The predicted molar refractivity (Wildman–Crippen MR) is 64.3 cm³/mol. The number of hydrogen-bond acceptors (Lipinski definition) is 4. The SMILES string of the molecule is COc1cc(C(=O)O)ncc1Oc1ccccc1. The molecule has 92 valence electrons. The van der Waals surface area contributed by atoms with E-state index in [1.54, 1.807) is 12.1 Å². The summed E-state index contributed by atoms with van der Waals surface area (Å²) in [5.74, 6) is 0.209. The van der Waals surface area contributed by atoms with Crippen molar-refractivity contribution in [3.05, 3.63) is 48.3 Å². The molecule has 0 unspecified atom stereocenters. The third kappa shape index (κ3) is 2.57. The van der Waals surface area contributed by atoms with E-state index < -0.39 is 5.97 Å². The van der Waals surface area contributed by atoms with Crippen LogP contribution >= 0.6 is 0 Å². The summed E-state index contributed by atoms with van der Waals surface area (Å²) < 4.78 is 10.6. The number of rotatable bonds is 4. The Morgan fingerprint density at radius 2 is 1.94 bits per heavy atom. The zero-order valence-corrected chi connectivity index (χ0v) is 9.66. The summed E-state index contributed by atoms with van der Waals surface area (Å²) in [6, 6.07) is 10.4. The Labute approximate surface area is 104 Å². The minimum atomic E-state index is -1.11. The Hall–Kier alpha value is -2.56. The van der Waals surface area contributed by atoms with Crippen LogP contribution in [0.4, 0.5) is 0 Å². The van der Waals surface area contributed by atoms with E-state index in [2.05, 4.69) is 4.98 Å². The van der Waals surface area contributed by atoms with Gasteiger partial charge in [0.1, 0.15) is 5.75 Å². The summed E-state index contributed by atoms with van der Waals surface area (Å²) in [4.78, 5) is 14.6. The number of para-hydroxylation sites is 1. The standard InChI is InChI=1S/C13H11NO4/c1-17-11-7-10(13(15)16)14-8-12(11)18-9-5-3-2-4-6-9/h2-8H,1H3,(H,15,16). The topological polar surface area (TPSA) is 68.7 Å². The number of pyridine rings is 1. The van der Waals surface area contributed by atoms with Gasteiger partial charge in [-0.3, -0.25) is 0 Å². The van der Waals surface area contributed by atoms with Gasteiger partial charge >= 0.3 is 5.97 Å². The Kier molecular flexibility index (Phi) is 3.43. The molecule has 2 rings (SSSR count). The summed E-state index contributed by atoms with van der Waals surface area (Å²) in [5, 5.41) is 8.83. The molecule has 1 aromatic carbocycles. The van der Waals surface area contributed by atoms with E-state index in [1.165, 1.54) is 19.4 Å². The van der Waals surface area contributed by atoms with Crippen LogP contribution in [0, 0.1) is 0 Å². The maximum atomic E-state index is 10.8. The summed E-state index contributed by atoms with van der Waals surface area (Å²) in [6.07, 6.45) is 1.33. The van der Waals surface area contributed by atoms with Crippen molar-refractivity contribution in [2.24, 2.45) is 0 Å². The third-order valence-electron chi connectivity index (χ3n) is 2.24. The van der Waals surface area contributed by atoms with Gasteiger partial charge in [-0.25, -0.2) is 9.78 Å². The van der Waals surface area contributed by atoms with Gasteiger partial charge in [0.25, 0.3) is 0 Å². The number of aromatic nitrogens is 1. The molecule has 1 aromatic heterocycles. The Morgan fingerprint density at radius 3 is 2.56 bits per heavy atom. The number of carboxylic acid groups (broad SMARTS) is 1. The molecule has 0 atom stereocenters. The van der Waals surface area contributed by atoms with Crippen molar-refractivity contribution in [3.8, 4) is 17.2 Å². The fourth-order valence-electron chi connectivity index (χ4n) is 1.39. The molecule has 0 saturated heterocycles. The number of hydrogen-bond donors (Lipinski definition) is 1. The van der Waals surface area contributed by atoms with Gasteiger partial charge in [-0.2, -0.15) is 0 Å². The van der Waals surface area contributed by atoms with Crippen LogP contribution < -0.4 is 9.47 Å². The molecule has 0 bridgehead atoms. The smallest absolute Gasteiger partial charge is 0.354 e. The quantitative estimate of drug-likeness (QED) is 0.896. The lowest BCUT2D eigenvalue weighted by molar-refractivity contribution is 0.0690. The fourth-order valence-corrected chi connectivity index (χ4v) is 1.39. The minimum Gasteiger partial charge on any atom is -0.493 e. The maximum Gasteiger partial charge on any atom is 0.354 e. The zero-order valence-electron chi connectivity index (χ0n) is 9.66. The number of aromatic carboxylic acids is 1. The van der Waals surface area contributed by atoms with Crippen LogP contribution in [0.15, 0.2) is 42.6 Å². The van der Waals surface area contributed by atoms with Crippen molar-refractivity contribution in [2.75, 3.05) is 7.11 Å². The second-order valence-electron chi connectivity index (χ2n) is 3.44. The molecular formula is C13H11NO4. The third-order valence-corrected chi connectivity index (χ3v) is 2.24. The number of carboxylic acids is 1. The molecule has 5 nitrogen and oxygen atoms in total. The van der Waals surface area contributed by atoms with E-state index in [4.69, 9.17) is 14.6 Å². The lowest BCUT2D eigenvalue weighted by Crippen LogP contribution is -2.01. The lowest BCUT2D eigenvalue weighted by Gasteiger charge is -2.10. The van der Waals surface area contributed by atoms with Crippen LogP contribution in [0.5, 0.6) is 17.2 Å². The van der Waals surface area contributed by atoms with Crippen LogP contribution in [0.1, 0.15) is 10.5 Å². The van der Waals surface area contributed by atoms with Crippen molar-refractivity contribution in [2.45, 2.75) is 0 Å². The van der Waals surface area contributed by atoms with Crippen LogP contribution in [-0.4, -0.2) is 23.2 Å². The van der Waals surface area contributed by atoms with Crippen LogP contribution in [-0.2, 0) is 0 Å². The van der Waals surface area contributed by atoms with Crippen molar-refractivity contribution in [1.82, 2.24) is 4.98 Å². The van der Waals surface area contributed by atoms with Crippen molar-refractivity contribution in [1.29, 1.82) is 0 Å². The van der Waals surface area contributed by atoms with E-state index in [0.29, 0.717) is 17.2 Å². The van der Waals surface area contributed by atoms with Gasteiger partial charge in [0.2, 0.25) is 0 Å². The Morgan fingerprint density at radius 1 is 1.22 bits per heavy atom. The number of methoxy groups -OCH3 is 1. The highest BCUT2D eigenvalue weighted by atomic mass is 16.5. The maximum absolute atomic E-state index is 10.8. The predicted octanol–water partition coefficient (Wildman–Crippen LogP) is 2.58. The van der Waals surface area contributed by atoms with Crippen molar-refractivity contribution in [3.63, 3.8) is 0 Å². The first-order valence-corrected chi connectivity index (χ1v) is 5.21. The van der Waals surface area contributed by atoms with Crippen LogP contribution in [0.3, 0.4) is 0 Å². The highest BCUT2D eigenvalue weighted by molar-refractivity contribution is 5.86. The molecule has 0 radical (unpaired) electrons. The minimum absolute atomic E-state index is 0.0905. The summed E-state index contributed by atoms with van der Waals surface area (Å²) in [6.45, 7) is 0. The molecule has 0 aliphatic heterocycles. The van der Waals surface area contributed by atoms with Gasteiger partial charge in [0, 0.05) is 6.07 Å². The largest absolute Gasteiger partial charge is 0.493 e. The van der Waals surface area contributed by atoms with E-state index >= 15 is 0 Å². The average molecular weight is 245 g/mol. The molecule has 1 heterocycles. The average Bonchev–Trinajstić information content (AvgIpc) is 2.40. The van der Waals surface area contributed by atoms with Gasteiger partial charge in [-0.1, -0.05) is 18.2 Å². The first-order chi connectivity index (χ1) is 8.70. The highest BCUT2D eigenvalue weighted by Gasteiger charge is 2.12. The number of carbonyl (C=O) groups is 1. The van der Waals surface area contributed by atoms with Crippen molar-refractivity contribution >= 4 is 5.97 Å². The lowest BCUT2D eigenvalue weighted by atomic mass is 10.3. The van der Waals surface area contributed by atoms with Gasteiger partial charge in [0.15, 0.2) is 17.2 Å². The van der Waals surface area contributed by atoms with Crippen LogP contribution in [0.25, 0.3) is 0 Å². The summed E-state index contributed by atoms with van der Waals surface area (Å²) >= 11 is 0. The van der Waals surface area contributed by atoms with Gasteiger partial charge in [-0.05, 0) is 12.1 Å².